The Morgan fingerprint density at radius 3 is 2.69 bits per heavy atom. The number of rotatable bonds is 7. The van der Waals surface area contributed by atoms with E-state index in [2.05, 4.69) is 60.2 Å². The number of hydrogen-bond acceptors (Lipinski definition) is 5. The first-order chi connectivity index (χ1) is 17.4. The lowest BCUT2D eigenvalue weighted by Crippen LogP contribution is -2.56. The Balaban J connectivity index is 1.29. The minimum atomic E-state index is -0.454. The van der Waals surface area contributed by atoms with Crippen LogP contribution in [0.2, 0.25) is 0 Å². The quantitative estimate of drug-likeness (QED) is 0.625. The smallest absolute Gasteiger partial charge is 0.255 e. The third-order valence-corrected chi connectivity index (χ3v) is 7.33. The number of piperidine rings is 2. The monoisotopic (exact) mass is 488 g/mol. The summed E-state index contributed by atoms with van der Waals surface area (Å²) in [5, 5.41) is 6.49. The van der Waals surface area contributed by atoms with E-state index < -0.39 is 6.04 Å². The molecule has 3 atom stereocenters. The van der Waals surface area contributed by atoms with Crippen molar-refractivity contribution in [3.05, 3.63) is 77.5 Å². The molecule has 2 amide bonds. The first-order valence-corrected chi connectivity index (χ1v) is 13.0. The number of likely N-dealkylation sites (tertiary alicyclic amines) is 1. The molecule has 3 aliphatic heterocycles. The van der Waals surface area contributed by atoms with Crippen molar-refractivity contribution in [2.75, 3.05) is 13.1 Å². The van der Waals surface area contributed by atoms with E-state index >= 15 is 0 Å². The van der Waals surface area contributed by atoms with Crippen LogP contribution in [-0.2, 0) is 17.9 Å². The highest BCUT2D eigenvalue weighted by Gasteiger charge is 2.38. The number of benzene rings is 2. The van der Waals surface area contributed by atoms with Crippen molar-refractivity contribution in [2.45, 2.75) is 70.4 Å². The molecule has 0 bridgehead atoms. The van der Waals surface area contributed by atoms with Crippen molar-refractivity contribution >= 4 is 11.8 Å². The number of amides is 2. The van der Waals surface area contributed by atoms with Crippen LogP contribution in [-0.4, -0.2) is 58.9 Å². The Morgan fingerprint density at radius 2 is 1.94 bits per heavy atom. The highest BCUT2D eigenvalue weighted by molar-refractivity contribution is 6.01. The summed E-state index contributed by atoms with van der Waals surface area (Å²) < 4.78 is 6.59. The van der Waals surface area contributed by atoms with Crippen LogP contribution >= 0.6 is 0 Å². The fraction of sp³-hybridized carbons (Fsp3) is 0.448. The normalized spacial score (nSPS) is 24.7. The Bertz CT molecular complexity index is 1130. The molecule has 2 aromatic carbocycles. The summed E-state index contributed by atoms with van der Waals surface area (Å²) in [4.78, 5) is 29.7. The van der Waals surface area contributed by atoms with Crippen LogP contribution in [0.3, 0.4) is 0 Å². The molecule has 0 saturated carbocycles. The van der Waals surface area contributed by atoms with Crippen LogP contribution in [0.1, 0.15) is 54.6 Å². The Labute approximate surface area is 213 Å². The zero-order chi connectivity index (χ0) is 25.2. The second-order valence-electron chi connectivity index (χ2n) is 10.5. The largest absolute Gasteiger partial charge is 0.487 e. The van der Waals surface area contributed by atoms with Gasteiger partial charge in [-0.15, -0.1) is 0 Å². The number of fused-ring (bicyclic) bond motifs is 1. The summed E-state index contributed by atoms with van der Waals surface area (Å²) in [6.07, 6.45) is 2.30. The minimum absolute atomic E-state index is 0.00810. The molecule has 7 nitrogen and oxygen atoms in total. The van der Waals surface area contributed by atoms with Gasteiger partial charge in [-0.05, 0) is 48.6 Å². The van der Waals surface area contributed by atoms with E-state index in [-0.39, 0.29) is 24.0 Å². The van der Waals surface area contributed by atoms with Crippen LogP contribution in [0.5, 0.6) is 5.75 Å². The van der Waals surface area contributed by atoms with Crippen LogP contribution in [0, 0.1) is 0 Å². The predicted molar refractivity (Wildman–Crippen MR) is 139 cm³/mol. The molecular formula is C29H36N4O3. The number of hydrogen-bond donors (Lipinski definition) is 2. The van der Waals surface area contributed by atoms with Gasteiger partial charge < -0.3 is 20.3 Å². The molecular weight excluding hydrogens is 452 g/mol. The number of allylic oxidation sites excluding steroid dienone is 1. The number of nitrogens with one attached hydrogen (secondary N) is 2. The molecule has 36 heavy (non-hydrogen) atoms. The summed E-state index contributed by atoms with van der Waals surface area (Å²) >= 11 is 0. The van der Waals surface area contributed by atoms with E-state index in [0.29, 0.717) is 31.0 Å². The molecule has 2 aromatic rings. The molecule has 3 unspecified atom stereocenters. The van der Waals surface area contributed by atoms with Crippen molar-refractivity contribution < 1.29 is 14.3 Å². The number of ether oxygens (including phenoxy) is 1. The maximum Gasteiger partial charge on any atom is 0.255 e. The van der Waals surface area contributed by atoms with Crippen LogP contribution in [0.15, 0.2) is 60.8 Å². The molecule has 2 fully saturated rings. The van der Waals surface area contributed by atoms with Gasteiger partial charge in [-0.3, -0.25) is 14.5 Å². The maximum atomic E-state index is 13.1. The van der Waals surface area contributed by atoms with Gasteiger partial charge in [0.05, 0.1) is 0 Å². The third-order valence-electron chi connectivity index (χ3n) is 7.33. The molecule has 2 saturated heterocycles. The predicted octanol–water partition coefficient (Wildman–Crippen LogP) is 3.45. The maximum absolute atomic E-state index is 13.1. The minimum Gasteiger partial charge on any atom is -0.487 e. The van der Waals surface area contributed by atoms with Crippen LogP contribution in [0.25, 0.3) is 0 Å². The van der Waals surface area contributed by atoms with Crippen molar-refractivity contribution in [1.29, 1.82) is 0 Å². The molecule has 7 heteroatoms. The third kappa shape index (κ3) is 5.32. The molecule has 3 aliphatic rings. The van der Waals surface area contributed by atoms with Gasteiger partial charge in [-0.1, -0.05) is 50.8 Å². The fourth-order valence-electron chi connectivity index (χ4n) is 5.58. The Morgan fingerprint density at radius 1 is 1.14 bits per heavy atom. The molecule has 3 heterocycles. The van der Waals surface area contributed by atoms with Gasteiger partial charge in [0.2, 0.25) is 5.91 Å². The number of carbonyl (C=O) groups is 2. The molecule has 0 spiro atoms. The lowest BCUT2D eigenvalue weighted by Gasteiger charge is -2.39. The molecule has 0 aromatic heterocycles. The Kier molecular flexibility index (Phi) is 7.12. The average Bonchev–Trinajstić information content (AvgIpc) is 3.16. The van der Waals surface area contributed by atoms with E-state index in [1.165, 1.54) is 5.56 Å². The molecule has 190 valence electrons. The zero-order valence-electron chi connectivity index (χ0n) is 21.2. The number of carbonyl (C=O) groups excluding carboxylic acids is 2. The Hall–Kier alpha value is -3.16. The summed E-state index contributed by atoms with van der Waals surface area (Å²) in [5.41, 5.74) is 3.60. The molecule has 0 radical (unpaired) electrons. The summed E-state index contributed by atoms with van der Waals surface area (Å²) in [7, 11) is 0. The van der Waals surface area contributed by atoms with E-state index in [0.717, 1.165) is 43.1 Å². The molecule has 5 rings (SSSR count). The van der Waals surface area contributed by atoms with Crippen molar-refractivity contribution in [2.24, 2.45) is 0 Å². The van der Waals surface area contributed by atoms with Gasteiger partial charge >= 0.3 is 0 Å². The van der Waals surface area contributed by atoms with Gasteiger partial charge in [0.1, 0.15) is 17.9 Å². The van der Waals surface area contributed by atoms with Gasteiger partial charge in [0.25, 0.3) is 5.91 Å². The lowest BCUT2D eigenvalue weighted by atomic mass is 9.99. The van der Waals surface area contributed by atoms with Crippen molar-refractivity contribution in [3.63, 3.8) is 0 Å². The summed E-state index contributed by atoms with van der Waals surface area (Å²) in [5.74, 6) is 0.537. The standard InChI is InChI=1S/C29H36N4O3/c1-19(2)30-25-13-14-32(16-21-7-5-4-6-8-21)18-27(25)36-23-10-11-24-22(15-23)17-33(29(24)35)26-12-9-20(3)31-28(26)34/h4-8,10-11,15,19,25-27,30H,3,9,12-14,16-18H2,1-2H3,(H,31,34). The first kappa shape index (κ1) is 24.5. The lowest BCUT2D eigenvalue weighted by molar-refractivity contribution is -0.126. The molecule has 0 aliphatic carbocycles. The first-order valence-electron chi connectivity index (χ1n) is 13.0. The van der Waals surface area contributed by atoms with Crippen LogP contribution < -0.4 is 15.4 Å². The topological polar surface area (TPSA) is 73.9 Å². The van der Waals surface area contributed by atoms with E-state index in [1.54, 1.807) is 4.90 Å². The van der Waals surface area contributed by atoms with Gasteiger partial charge in [0.15, 0.2) is 0 Å². The second kappa shape index (κ2) is 10.4. The van der Waals surface area contributed by atoms with E-state index in [4.69, 9.17) is 4.74 Å². The SMILES string of the molecule is C=C1CCC(N2Cc3cc(OC4CN(Cc5ccccc5)CCC4NC(C)C)ccc3C2=O)C(=O)N1. The van der Waals surface area contributed by atoms with Crippen molar-refractivity contribution in [1.82, 2.24) is 20.4 Å². The number of nitrogens with zero attached hydrogens (tertiary/aromatic N) is 2. The van der Waals surface area contributed by atoms with Gasteiger partial charge in [-0.25, -0.2) is 0 Å². The highest BCUT2D eigenvalue weighted by Crippen LogP contribution is 2.31. The second-order valence-corrected chi connectivity index (χ2v) is 10.5. The fourth-order valence-corrected chi connectivity index (χ4v) is 5.58. The van der Waals surface area contributed by atoms with Crippen LogP contribution in [0.4, 0.5) is 0 Å². The zero-order valence-corrected chi connectivity index (χ0v) is 21.2. The summed E-state index contributed by atoms with van der Waals surface area (Å²) in [6, 6.07) is 16.4. The average molecular weight is 489 g/mol. The van der Waals surface area contributed by atoms with E-state index in [9.17, 15) is 9.59 Å². The van der Waals surface area contributed by atoms with E-state index in [1.807, 2.05) is 24.3 Å². The van der Waals surface area contributed by atoms with Gasteiger partial charge in [-0.2, -0.15) is 0 Å². The van der Waals surface area contributed by atoms with Gasteiger partial charge in [0, 0.05) is 49.5 Å². The highest BCUT2D eigenvalue weighted by atomic mass is 16.5. The van der Waals surface area contributed by atoms with Crippen molar-refractivity contribution in [3.8, 4) is 5.75 Å². The summed E-state index contributed by atoms with van der Waals surface area (Å²) in [6.45, 7) is 11.3. The molecule has 2 N–H and O–H groups in total.